The van der Waals surface area contributed by atoms with E-state index in [4.69, 9.17) is 11.3 Å². The Labute approximate surface area is 90.0 Å². The van der Waals surface area contributed by atoms with Crippen LogP contribution in [0, 0.1) is 5.82 Å². The van der Waals surface area contributed by atoms with Crippen molar-refractivity contribution in [1.29, 1.82) is 0 Å². The molecule has 0 saturated heterocycles. The molecule has 0 bridgehead atoms. The number of anilines is 1. The zero-order valence-corrected chi connectivity index (χ0v) is 8.16. The lowest BCUT2D eigenvalue weighted by Crippen LogP contribution is -2.22. The standard InChI is InChI=1S/C8H10FN5O2/c9-4-1-5(8(10)12-2-4)7(16)6(15)3-13-14-11/h1-2,6-7,15-16H,3H2,(H2,10,12). The van der Waals surface area contributed by atoms with Crippen LogP contribution in [0.5, 0.6) is 0 Å². The van der Waals surface area contributed by atoms with Crippen molar-refractivity contribution in [1.82, 2.24) is 4.98 Å². The number of azide groups is 1. The molecule has 1 aromatic heterocycles. The second-order valence-electron chi connectivity index (χ2n) is 3.05. The van der Waals surface area contributed by atoms with E-state index in [1.165, 1.54) is 0 Å². The SMILES string of the molecule is [N-]=[N+]=NCC(O)C(O)c1cc(F)cnc1N. The Kier molecular flexibility index (Phi) is 4.01. The van der Waals surface area contributed by atoms with Crippen LogP contribution in [0.15, 0.2) is 17.4 Å². The fraction of sp³-hybridized carbons (Fsp3) is 0.375. The lowest BCUT2D eigenvalue weighted by Gasteiger charge is -2.17. The van der Waals surface area contributed by atoms with E-state index in [0.29, 0.717) is 0 Å². The number of pyridine rings is 1. The van der Waals surface area contributed by atoms with Crippen LogP contribution in [0.2, 0.25) is 0 Å². The number of nitrogens with zero attached hydrogens (tertiary/aromatic N) is 4. The van der Waals surface area contributed by atoms with E-state index < -0.39 is 18.0 Å². The summed E-state index contributed by atoms with van der Waals surface area (Å²) in [7, 11) is 0. The van der Waals surface area contributed by atoms with Crippen molar-refractivity contribution in [3.63, 3.8) is 0 Å². The fourth-order valence-electron chi connectivity index (χ4n) is 1.13. The topological polar surface area (TPSA) is 128 Å². The molecule has 1 rings (SSSR count). The van der Waals surface area contributed by atoms with Gasteiger partial charge < -0.3 is 15.9 Å². The summed E-state index contributed by atoms with van der Waals surface area (Å²) < 4.78 is 12.8. The highest BCUT2D eigenvalue weighted by molar-refractivity contribution is 5.40. The maximum Gasteiger partial charge on any atom is 0.142 e. The quantitative estimate of drug-likeness (QED) is 0.393. The van der Waals surface area contributed by atoms with Crippen LogP contribution in [0.3, 0.4) is 0 Å². The average molecular weight is 227 g/mol. The second kappa shape index (κ2) is 5.26. The van der Waals surface area contributed by atoms with Crippen molar-refractivity contribution in [2.45, 2.75) is 12.2 Å². The Morgan fingerprint density at radius 3 is 2.94 bits per heavy atom. The summed E-state index contributed by atoms with van der Waals surface area (Å²) in [5, 5.41) is 22.1. The Balaban J connectivity index is 2.90. The minimum Gasteiger partial charge on any atom is -0.390 e. The van der Waals surface area contributed by atoms with Crippen molar-refractivity contribution in [2.24, 2.45) is 5.11 Å². The van der Waals surface area contributed by atoms with Gasteiger partial charge in [0.1, 0.15) is 17.7 Å². The summed E-state index contributed by atoms with van der Waals surface area (Å²) in [6, 6.07) is 0.965. The predicted octanol–water partition coefficient (Wildman–Crippen LogP) is 0.508. The van der Waals surface area contributed by atoms with Crippen molar-refractivity contribution in [3.05, 3.63) is 34.1 Å². The normalized spacial score (nSPS) is 13.9. The van der Waals surface area contributed by atoms with Gasteiger partial charge in [-0.2, -0.15) is 0 Å². The summed E-state index contributed by atoms with van der Waals surface area (Å²) in [6.07, 6.45) is -1.92. The van der Waals surface area contributed by atoms with Gasteiger partial charge in [-0.25, -0.2) is 9.37 Å². The summed E-state index contributed by atoms with van der Waals surface area (Å²) in [4.78, 5) is 5.92. The van der Waals surface area contributed by atoms with Gasteiger partial charge in [-0.1, -0.05) is 5.11 Å². The first-order valence-electron chi connectivity index (χ1n) is 4.34. The number of hydrogen-bond acceptors (Lipinski definition) is 5. The molecule has 2 atom stereocenters. The van der Waals surface area contributed by atoms with E-state index in [2.05, 4.69) is 15.0 Å². The number of nitrogens with two attached hydrogens (primary N) is 1. The van der Waals surface area contributed by atoms with Crippen LogP contribution in [0.4, 0.5) is 10.2 Å². The van der Waals surface area contributed by atoms with Crippen LogP contribution in [0.1, 0.15) is 11.7 Å². The molecule has 0 radical (unpaired) electrons. The Morgan fingerprint density at radius 1 is 1.62 bits per heavy atom. The van der Waals surface area contributed by atoms with E-state index in [1.807, 2.05) is 0 Å². The highest BCUT2D eigenvalue weighted by Crippen LogP contribution is 2.22. The number of hydrogen-bond donors (Lipinski definition) is 3. The van der Waals surface area contributed by atoms with E-state index in [9.17, 15) is 14.6 Å². The van der Waals surface area contributed by atoms with Crippen molar-refractivity contribution in [2.75, 3.05) is 12.3 Å². The molecule has 1 heterocycles. The molecule has 16 heavy (non-hydrogen) atoms. The average Bonchev–Trinajstić information content (AvgIpc) is 2.28. The van der Waals surface area contributed by atoms with Crippen molar-refractivity contribution >= 4 is 5.82 Å². The Hall–Kier alpha value is -1.89. The van der Waals surface area contributed by atoms with E-state index in [0.717, 1.165) is 12.3 Å². The zero-order chi connectivity index (χ0) is 12.1. The summed E-state index contributed by atoms with van der Waals surface area (Å²) in [6.45, 7) is -0.340. The number of aliphatic hydroxyl groups is 2. The highest BCUT2D eigenvalue weighted by Gasteiger charge is 2.21. The predicted molar refractivity (Wildman–Crippen MR) is 53.6 cm³/mol. The van der Waals surface area contributed by atoms with Crippen molar-refractivity contribution in [3.8, 4) is 0 Å². The van der Waals surface area contributed by atoms with Gasteiger partial charge in [-0.3, -0.25) is 0 Å². The summed E-state index contributed by atoms with van der Waals surface area (Å²) in [5.41, 5.74) is 13.4. The Morgan fingerprint density at radius 2 is 2.31 bits per heavy atom. The third-order valence-corrected chi connectivity index (χ3v) is 1.93. The lowest BCUT2D eigenvalue weighted by molar-refractivity contribution is 0.0245. The molecule has 0 aliphatic carbocycles. The van der Waals surface area contributed by atoms with Crippen molar-refractivity contribution < 1.29 is 14.6 Å². The minimum absolute atomic E-state index is 0.0411. The monoisotopic (exact) mass is 227 g/mol. The van der Waals surface area contributed by atoms with Crippen LogP contribution < -0.4 is 5.73 Å². The largest absolute Gasteiger partial charge is 0.390 e. The number of aliphatic hydroxyl groups excluding tert-OH is 2. The van der Waals surface area contributed by atoms with Gasteiger partial charge in [0.15, 0.2) is 0 Å². The van der Waals surface area contributed by atoms with Gasteiger partial charge in [0.2, 0.25) is 0 Å². The third kappa shape index (κ3) is 2.80. The first-order valence-corrected chi connectivity index (χ1v) is 4.34. The zero-order valence-electron chi connectivity index (χ0n) is 8.16. The molecular weight excluding hydrogens is 217 g/mol. The van der Waals surface area contributed by atoms with E-state index in [1.54, 1.807) is 0 Å². The van der Waals surface area contributed by atoms with Gasteiger partial charge in [0.25, 0.3) is 0 Å². The summed E-state index contributed by atoms with van der Waals surface area (Å²) >= 11 is 0. The number of nitrogen functional groups attached to an aromatic ring is 1. The molecule has 8 heteroatoms. The van der Waals surface area contributed by atoms with E-state index in [-0.39, 0.29) is 17.9 Å². The molecule has 0 aliphatic heterocycles. The third-order valence-electron chi connectivity index (χ3n) is 1.93. The molecule has 0 amide bonds. The Bertz CT molecular complexity index is 421. The number of halogens is 1. The smallest absolute Gasteiger partial charge is 0.142 e. The molecule has 0 fully saturated rings. The van der Waals surface area contributed by atoms with Crippen LogP contribution >= 0.6 is 0 Å². The molecule has 2 unspecified atom stereocenters. The molecule has 7 nitrogen and oxygen atoms in total. The van der Waals surface area contributed by atoms with Crippen LogP contribution in [-0.4, -0.2) is 27.8 Å². The maximum atomic E-state index is 12.8. The molecule has 86 valence electrons. The first kappa shape index (κ1) is 12.2. The van der Waals surface area contributed by atoms with Gasteiger partial charge in [-0.05, 0) is 11.6 Å². The number of rotatable bonds is 4. The molecule has 0 saturated carbocycles. The first-order chi connectivity index (χ1) is 7.56. The van der Waals surface area contributed by atoms with Crippen LogP contribution in [-0.2, 0) is 0 Å². The molecule has 0 aromatic carbocycles. The minimum atomic E-state index is -1.45. The van der Waals surface area contributed by atoms with Crippen LogP contribution in [0.25, 0.3) is 10.4 Å². The van der Waals surface area contributed by atoms with Gasteiger partial charge in [0.05, 0.1) is 18.8 Å². The fourth-order valence-corrected chi connectivity index (χ4v) is 1.13. The summed E-state index contributed by atoms with van der Waals surface area (Å²) in [5.74, 6) is -0.770. The van der Waals surface area contributed by atoms with E-state index >= 15 is 0 Å². The number of aromatic nitrogens is 1. The second-order valence-corrected chi connectivity index (χ2v) is 3.05. The van der Waals surface area contributed by atoms with Gasteiger partial charge in [-0.15, -0.1) is 0 Å². The highest BCUT2D eigenvalue weighted by atomic mass is 19.1. The molecule has 0 spiro atoms. The molecule has 0 aliphatic rings. The molecule has 4 N–H and O–H groups in total. The maximum absolute atomic E-state index is 12.8. The molecular formula is C8H10FN5O2. The van der Waals surface area contributed by atoms with Gasteiger partial charge >= 0.3 is 0 Å². The van der Waals surface area contributed by atoms with Gasteiger partial charge in [0, 0.05) is 10.5 Å². The molecule has 1 aromatic rings. The lowest BCUT2D eigenvalue weighted by atomic mass is 10.1.